The molecule has 0 bridgehead atoms. The number of carbonyl (C=O) groups is 3. The van der Waals surface area contributed by atoms with Gasteiger partial charge in [0.15, 0.2) is 12.1 Å². The van der Waals surface area contributed by atoms with Crippen molar-refractivity contribution in [2.75, 3.05) is 41.0 Å². The fourth-order valence-electron chi connectivity index (χ4n) is 7.66. The molecule has 0 saturated carbocycles. The van der Waals surface area contributed by atoms with Crippen LogP contribution < -0.4 is 0 Å². The Morgan fingerprint density at radius 3 is 1.26 bits per heavy atom. The van der Waals surface area contributed by atoms with Gasteiger partial charge in [-0.25, -0.2) is 4.79 Å². The third-order valence-corrected chi connectivity index (χ3v) is 11.8. The second-order valence-electron chi connectivity index (χ2n) is 18.9. The van der Waals surface area contributed by atoms with E-state index in [1.165, 1.54) is 128 Å². The zero-order chi connectivity index (χ0) is 48.4. The van der Waals surface area contributed by atoms with Gasteiger partial charge in [0.05, 0.1) is 34.4 Å². The topological polar surface area (TPSA) is 99.1 Å². The zero-order valence-corrected chi connectivity index (χ0v) is 43.1. The number of carboxylic acids is 1. The number of quaternary nitrogens is 1. The van der Waals surface area contributed by atoms with Crippen LogP contribution in [0.1, 0.15) is 213 Å². The van der Waals surface area contributed by atoms with Crippen molar-refractivity contribution in [1.29, 1.82) is 0 Å². The predicted octanol–water partition coefficient (Wildman–Crippen LogP) is 15.6. The van der Waals surface area contributed by atoms with Crippen LogP contribution in [0.15, 0.2) is 85.1 Å². The fourth-order valence-corrected chi connectivity index (χ4v) is 7.66. The monoisotopic (exact) mass is 923 g/mol. The molecule has 8 heteroatoms. The molecule has 378 valence electrons. The van der Waals surface area contributed by atoms with Gasteiger partial charge in [-0.3, -0.25) is 9.59 Å². The molecule has 0 aliphatic rings. The lowest BCUT2D eigenvalue weighted by atomic mass is 10.0. The summed E-state index contributed by atoms with van der Waals surface area (Å²) in [4.78, 5) is 37.2. The summed E-state index contributed by atoms with van der Waals surface area (Å²) in [5.74, 6) is -1.52. The van der Waals surface area contributed by atoms with Crippen LogP contribution in [-0.4, -0.2) is 80.6 Å². The Morgan fingerprint density at radius 1 is 0.470 bits per heavy atom. The number of nitrogens with zero attached hydrogens (tertiary/aromatic N) is 1. The molecule has 0 heterocycles. The Morgan fingerprint density at radius 2 is 0.848 bits per heavy atom. The highest BCUT2D eigenvalue weighted by Gasteiger charge is 2.31. The minimum Gasteiger partial charge on any atom is -0.477 e. The summed E-state index contributed by atoms with van der Waals surface area (Å²) >= 11 is 0. The summed E-state index contributed by atoms with van der Waals surface area (Å²) in [7, 11) is 5.52. The number of esters is 2. The van der Waals surface area contributed by atoms with Crippen molar-refractivity contribution in [3.05, 3.63) is 85.1 Å². The van der Waals surface area contributed by atoms with Gasteiger partial charge < -0.3 is 23.8 Å². The Kier molecular flexibility index (Phi) is 45.4. The van der Waals surface area contributed by atoms with Crippen molar-refractivity contribution in [2.45, 2.75) is 225 Å². The maximum absolute atomic E-state index is 12.8. The van der Waals surface area contributed by atoms with Gasteiger partial charge in [0.1, 0.15) is 6.61 Å². The lowest BCUT2D eigenvalue weighted by Gasteiger charge is -2.31. The molecule has 0 aliphatic carbocycles. The molecular weight excluding hydrogens is 823 g/mol. The van der Waals surface area contributed by atoms with Crippen molar-refractivity contribution in [2.24, 2.45) is 0 Å². The lowest BCUT2D eigenvalue weighted by molar-refractivity contribution is -0.887. The number of aliphatic carboxylic acids is 1. The van der Waals surface area contributed by atoms with Crippen molar-refractivity contribution in [1.82, 2.24) is 0 Å². The molecule has 0 fully saturated rings. The first kappa shape index (κ1) is 62.5. The molecule has 0 radical (unpaired) electrons. The van der Waals surface area contributed by atoms with Gasteiger partial charge in [0.25, 0.3) is 0 Å². The first-order chi connectivity index (χ1) is 32.1. The summed E-state index contributed by atoms with van der Waals surface area (Å²) in [5.41, 5.74) is 0. The number of rotatable bonds is 47. The van der Waals surface area contributed by atoms with Crippen LogP contribution in [0.3, 0.4) is 0 Å². The summed E-state index contributed by atoms with van der Waals surface area (Å²) in [5, 5.41) is 9.66. The average Bonchev–Trinajstić information content (AvgIpc) is 3.28. The molecule has 0 aromatic rings. The number of carboxylic acid groups (broad SMARTS) is 1. The van der Waals surface area contributed by atoms with E-state index in [2.05, 4.69) is 26.0 Å². The number of ether oxygens (including phenoxy) is 3. The van der Waals surface area contributed by atoms with E-state index in [1.807, 2.05) is 94.1 Å². The Hall–Kier alpha value is -3.49. The number of likely N-dealkylation sites (N-methyl/N-ethyl adjacent to an activating group) is 1. The Balaban J connectivity index is 4.28. The van der Waals surface area contributed by atoms with E-state index < -0.39 is 18.1 Å². The standard InChI is InChI=1S/C58H99NO7/c1-6-8-10-12-14-16-18-20-22-24-26-27-28-29-31-33-35-37-39-41-43-45-47-49-57(61)66-54(52-64-51-50-55(58(62)63)59(3,4)5)53-65-56(60)48-46-44-42-40-38-36-34-32-30-25-23-21-19-17-15-13-11-9-7-2/h9,11,13,15,17,19,21,23,25,30,32,34,36,38,54-55H,6-8,10,12,14,16,18,20,22,24,26-29,31,33,35,37,39-53H2,1-5H3/p+1/b11-9+,15-13+,19-17+,23-21+,30-25+,34-32+,38-36+. The van der Waals surface area contributed by atoms with Crippen molar-refractivity contribution < 1.29 is 38.2 Å². The van der Waals surface area contributed by atoms with Gasteiger partial charge in [0, 0.05) is 19.3 Å². The largest absolute Gasteiger partial charge is 0.477 e. The fraction of sp³-hybridized carbons (Fsp3) is 0.707. The molecule has 0 aliphatic heterocycles. The van der Waals surface area contributed by atoms with Gasteiger partial charge in [0.2, 0.25) is 0 Å². The van der Waals surface area contributed by atoms with E-state index in [0.29, 0.717) is 19.3 Å². The number of hydrogen-bond acceptors (Lipinski definition) is 6. The van der Waals surface area contributed by atoms with E-state index in [1.54, 1.807) is 0 Å². The molecule has 66 heavy (non-hydrogen) atoms. The SMILES string of the molecule is CC/C=C/C=C/C=C/C=C/C=C/C=C/C=C/CCCCCC(=O)OCC(COCCC(C(=O)O)[N+](C)(C)C)OC(=O)CCCCCCCCCCCCCCCCCCCCCCCCC. The normalized spacial score (nSPS) is 13.5. The van der Waals surface area contributed by atoms with Gasteiger partial charge in [-0.15, -0.1) is 0 Å². The van der Waals surface area contributed by atoms with Crippen molar-refractivity contribution >= 4 is 17.9 Å². The molecule has 0 rings (SSSR count). The van der Waals surface area contributed by atoms with E-state index >= 15 is 0 Å². The highest BCUT2D eigenvalue weighted by Crippen LogP contribution is 2.17. The molecule has 2 atom stereocenters. The third-order valence-electron chi connectivity index (χ3n) is 11.8. The molecule has 8 nitrogen and oxygen atoms in total. The van der Waals surface area contributed by atoms with Gasteiger partial charge in [-0.2, -0.15) is 0 Å². The number of unbranched alkanes of at least 4 members (excludes halogenated alkanes) is 25. The van der Waals surface area contributed by atoms with E-state index in [0.717, 1.165) is 51.4 Å². The van der Waals surface area contributed by atoms with Gasteiger partial charge in [-0.05, 0) is 32.1 Å². The first-order valence-corrected chi connectivity index (χ1v) is 26.7. The van der Waals surface area contributed by atoms with Crippen LogP contribution in [0, 0.1) is 0 Å². The molecule has 0 spiro atoms. The summed E-state index contributed by atoms with van der Waals surface area (Å²) < 4.78 is 17.3. The summed E-state index contributed by atoms with van der Waals surface area (Å²) in [6.07, 6.45) is 63.6. The van der Waals surface area contributed by atoms with Gasteiger partial charge >= 0.3 is 17.9 Å². The molecule has 1 N–H and O–H groups in total. The van der Waals surface area contributed by atoms with Crippen molar-refractivity contribution in [3.8, 4) is 0 Å². The second kappa shape index (κ2) is 48.0. The van der Waals surface area contributed by atoms with E-state index in [-0.39, 0.29) is 36.2 Å². The number of hydrogen-bond donors (Lipinski definition) is 1. The summed E-state index contributed by atoms with van der Waals surface area (Å²) in [6, 6.07) is -0.626. The Bertz CT molecular complexity index is 1350. The van der Waals surface area contributed by atoms with Crippen LogP contribution in [-0.2, 0) is 28.6 Å². The van der Waals surface area contributed by atoms with Crippen LogP contribution in [0.5, 0.6) is 0 Å². The highest BCUT2D eigenvalue weighted by atomic mass is 16.6. The lowest BCUT2D eigenvalue weighted by Crippen LogP contribution is -2.50. The van der Waals surface area contributed by atoms with E-state index in [4.69, 9.17) is 14.2 Å². The van der Waals surface area contributed by atoms with Crippen LogP contribution >= 0.6 is 0 Å². The van der Waals surface area contributed by atoms with Crippen LogP contribution in [0.25, 0.3) is 0 Å². The molecule has 0 amide bonds. The molecule has 2 unspecified atom stereocenters. The molecule has 0 saturated heterocycles. The molecular formula is C58H100NO7+. The minimum absolute atomic E-state index is 0.0434. The third kappa shape index (κ3) is 45.7. The minimum atomic E-state index is -0.883. The zero-order valence-electron chi connectivity index (χ0n) is 43.1. The van der Waals surface area contributed by atoms with Crippen LogP contribution in [0.4, 0.5) is 0 Å². The van der Waals surface area contributed by atoms with Crippen molar-refractivity contribution in [3.63, 3.8) is 0 Å². The predicted molar refractivity (Wildman–Crippen MR) is 280 cm³/mol. The maximum atomic E-state index is 12.8. The first-order valence-electron chi connectivity index (χ1n) is 26.7. The van der Waals surface area contributed by atoms with E-state index in [9.17, 15) is 19.5 Å². The second-order valence-corrected chi connectivity index (χ2v) is 18.9. The highest BCUT2D eigenvalue weighted by molar-refractivity contribution is 5.72. The average molecular weight is 923 g/mol. The quantitative estimate of drug-likeness (QED) is 0.0281. The molecule has 0 aromatic carbocycles. The Labute approximate surface area is 405 Å². The summed E-state index contributed by atoms with van der Waals surface area (Å²) in [6.45, 7) is 4.56. The smallest absolute Gasteiger partial charge is 0.362 e. The maximum Gasteiger partial charge on any atom is 0.362 e. The number of carbonyl (C=O) groups excluding carboxylic acids is 2. The molecule has 0 aromatic heterocycles. The number of allylic oxidation sites excluding steroid dienone is 14. The van der Waals surface area contributed by atoms with Crippen LogP contribution in [0.2, 0.25) is 0 Å². The van der Waals surface area contributed by atoms with Gasteiger partial charge in [-0.1, -0.05) is 247 Å².